The number of nitrogens with one attached hydrogen (secondary N) is 1. The number of amides is 1. The molecule has 0 saturated heterocycles. The lowest BCUT2D eigenvalue weighted by molar-refractivity contribution is 0.103. The van der Waals surface area contributed by atoms with Crippen LogP contribution in [0.1, 0.15) is 37.1 Å². The Morgan fingerprint density at radius 2 is 2.00 bits per heavy atom. The summed E-state index contributed by atoms with van der Waals surface area (Å²) in [6, 6.07) is 12.2. The highest BCUT2D eigenvalue weighted by Gasteiger charge is 2.19. The zero-order valence-corrected chi connectivity index (χ0v) is 14.0. The highest BCUT2D eigenvalue weighted by Crippen LogP contribution is 2.31. The van der Waals surface area contributed by atoms with E-state index in [1.54, 1.807) is 11.3 Å². The zero-order valence-electron chi connectivity index (χ0n) is 12.4. The van der Waals surface area contributed by atoms with Gasteiger partial charge in [-0.25, -0.2) is 0 Å². The minimum absolute atomic E-state index is 0.0770. The molecule has 1 amide bonds. The van der Waals surface area contributed by atoms with E-state index in [2.05, 4.69) is 27.6 Å². The topological polar surface area (TPSA) is 54.9 Å². The third-order valence-corrected chi connectivity index (χ3v) is 5.93. The molecule has 0 unspecified atom stereocenters. The fourth-order valence-corrected chi connectivity index (χ4v) is 4.66. The maximum atomic E-state index is 12.3. The number of benzene rings is 1. The summed E-state index contributed by atoms with van der Waals surface area (Å²) in [6.07, 6.45) is 4.15. The van der Waals surface area contributed by atoms with Crippen molar-refractivity contribution in [3.63, 3.8) is 0 Å². The first kappa shape index (κ1) is 14.5. The lowest BCUT2D eigenvalue weighted by Crippen LogP contribution is -2.09. The molecule has 1 aliphatic rings. The van der Waals surface area contributed by atoms with Crippen molar-refractivity contribution in [1.29, 1.82) is 0 Å². The molecule has 1 aliphatic carbocycles. The van der Waals surface area contributed by atoms with Crippen molar-refractivity contribution in [1.82, 2.24) is 10.2 Å². The predicted molar refractivity (Wildman–Crippen MR) is 93.5 cm³/mol. The summed E-state index contributed by atoms with van der Waals surface area (Å²) < 4.78 is 0. The van der Waals surface area contributed by atoms with Crippen molar-refractivity contribution >= 4 is 33.7 Å². The van der Waals surface area contributed by atoms with Crippen LogP contribution in [0.2, 0.25) is 0 Å². The van der Waals surface area contributed by atoms with E-state index in [0.29, 0.717) is 5.13 Å². The van der Waals surface area contributed by atoms with E-state index in [0.717, 1.165) is 29.1 Å². The van der Waals surface area contributed by atoms with E-state index in [1.807, 2.05) is 24.3 Å². The van der Waals surface area contributed by atoms with Gasteiger partial charge >= 0.3 is 0 Å². The van der Waals surface area contributed by atoms with Crippen molar-refractivity contribution in [2.24, 2.45) is 0 Å². The van der Waals surface area contributed by atoms with E-state index in [-0.39, 0.29) is 5.91 Å². The maximum absolute atomic E-state index is 12.3. The van der Waals surface area contributed by atoms with E-state index >= 15 is 0 Å². The van der Waals surface area contributed by atoms with Gasteiger partial charge in [-0.3, -0.25) is 10.1 Å². The first-order chi connectivity index (χ1) is 11.3. The summed E-state index contributed by atoms with van der Waals surface area (Å²) in [5, 5.41) is 12.6. The van der Waals surface area contributed by atoms with Gasteiger partial charge in [-0.1, -0.05) is 41.7 Å². The van der Waals surface area contributed by atoms with Crippen LogP contribution in [0, 0.1) is 0 Å². The van der Waals surface area contributed by atoms with Crippen LogP contribution in [-0.4, -0.2) is 16.1 Å². The fraction of sp³-hybridized carbons (Fsp3) is 0.235. The van der Waals surface area contributed by atoms with Gasteiger partial charge in [0.05, 0.1) is 4.88 Å². The second-order valence-electron chi connectivity index (χ2n) is 5.53. The number of hydrogen-bond acceptors (Lipinski definition) is 5. The van der Waals surface area contributed by atoms with Gasteiger partial charge < -0.3 is 0 Å². The van der Waals surface area contributed by atoms with Crippen LogP contribution in [0.3, 0.4) is 0 Å². The van der Waals surface area contributed by atoms with Gasteiger partial charge in [-0.05, 0) is 36.5 Å². The molecule has 0 saturated carbocycles. The molecule has 2 heterocycles. The second-order valence-corrected chi connectivity index (χ2v) is 7.73. The summed E-state index contributed by atoms with van der Waals surface area (Å²) in [4.78, 5) is 14.5. The molecule has 0 spiro atoms. The summed E-state index contributed by atoms with van der Waals surface area (Å²) in [5.74, 6) is -0.0770. The molecule has 1 N–H and O–H groups in total. The average Bonchev–Trinajstić information content (AvgIpc) is 3.24. The molecule has 23 heavy (non-hydrogen) atoms. The smallest absolute Gasteiger partial charge is 0.267 e. The predicted octanol–water partition coefficient (Wildman–Crippen LogP) is 3.93. The quantitative estimate of drug-likeness (QED) is 0.782. The van der Waals surface area contributed by atoms with E-state index in [4.69, 9.17) is 0 Å². The summed E-state index contributed by atoms with van der Waals surface area (Å²) in [5.41, 5.74) is 2.53. The molecular weight excluding hydrogens is 326 g/mol. The van der Waals surface area contributed by atoms with Crippen LogP contribution < -0.4 is 5.32 Å². The number of nitrogens with zero attached hydrogens (tertiary/aromatic N) is 2. The molecule has 0 atom stereocenters. The van der Waals surface area contributed by atoms with Gasteiger partial charge in [0, 0.05) is 11.3 Å². The summed E-state index contributed by atoms with van der Waals surface area (Å²) in [6.45, 7) is 0. The van der Waals surface area contributed by atoms with E-state index < -0.39 is 0 Å². The van der Waals surface area contributed by atoms with Gasteiger partial charge in [0.15, 0.2) is 0 Å². The number of carbonyl (C=O) groups is 1. The molecule has 2 aromatic heterocycles. The van der Waals surface area contributed by atoms with Gasteiger partial charge in [-0.15, -0.1) is 21.5 Å². The second kappa shape index (κ2) is 6.22. The molecule has 116 valence electrons. The number of anilines is 1. The molecule has 0 bridgehead atoms. The first-order valence-electron chi connectivity index (χ1n) is 7.57. The third kappa shape index (κ3) is 3.18. The molecule has 4 nitrogen and oxygen atoms in total. The number of aryl methyl sites for hydroxylation is 2. The SMILES string of the molecule is O=C(Nc1nnc(Cc2ccccc2)s1)c1cc2c(s1)CCC2. The standard InChI is InChI=1S/C17H15N3OS2/c21-16(14-10-12-7-4-8-13(12)22-14)18-17-20-19-15(23-17)9-11-5-2-1-3-6-11/h1-3,5-6,10H,4,7-9H2,(H,18,20,21). The van der Waals surface area contributed by atoms with Crippen molar-refractivity contribution in [2.75, 3.05) is 5.32 Å². The number of hydrogen-bond donors (Lipinski definition) is 1. The molecule has 6 heteroatoms. The molecule has 1 aromatic carbocycles. The number of aromatic nitrogens is 2. The Kier molecular flexibility index (Phi) is 3.93. The van der Waals surface area contributed by atoms with Crippen molar-refractivity contribution in [3.05, 3.63) is 62.3 Å². The number of fused-ring (bicyclic) bond motifs is 1. The molecule has 0 fully saturated rings. The Labute approximate surface area is 142 Å². The average molecular weight is 341 g/mol. The maximum Gasteiger partial charge on any atom is 0.267 e. The minimum Gasteiger partial charge on any atom is -0.296 e. The van der Waals surface area contributed by atoms with Crippen LogP contribution >= 0.6 is 22.7 Å². The Morgan fingerprint density at radius 3 is 2.83 bits per heavy atom. The lowest BCUT2D eigenvalue weighted by Gasteiger charge is -1.97. The monoisotopic (exact) mass is 341 g/mol. The van der Waals surface area contributed by atoms with Crippen LogP contribution in [-0.2, 0) is 19.3 Å². The van der Waals surface area contributed by atoms with Crippen LogP contribution in [0.15, 0.2) is 36.4 Å². The lowest BCUT2D eigenvalue weighted by atomic mass is 10.2. The summed E-state index contributed by atoms with van der Waals surface area (Å²) >= 11 is 3.04. The molecule has 3 aromatic rings. The van der Waals surface area contributed by atoms with Gasteiger partial charge in [0.25, 0.3) is 5.91 Å². The zero-order chi connectivity index (χ0) is 15.6. The van der Waals surface area contributed by atoms with E-state index in [1.165, 1.54) is 33.8 Å². The molecular formula is C17H15N3OS2. The summed E-state index contributed by atoms with van der Waals surface area (Å²) in [7, 11) is 0. The Balaban J connectivity index is 1.43. The number of thiophene rings is 1. The minimum atomic E-state index is -0.0770. The third-order valence-electron chi connectivity index (χ3n) is 3.86. The van der Waals surface area contributed by atoms with Crippen molar-refractivity contribution in [3.8, 4) is 0 Å². The van der Waals surface area contributed by atoms with Crippen molar-refractivity contribution in [2.45, 2.75) is 25.7 Å². The number of carbonyl (C=O) groups excluding carboxylic acids is 1. The largest absolute Gasteiger partial charge is 0.296 e. The van der Waals surface area contributed by atoms with Gasteiger partial charge in [0.2, 0.25) is 5.13 Å². The van der Waals surface area contributed by atoms with Gasteiger partial charge in [-0.2, -0.15) is 0 Å². The molecule has 0 radical (unpaired) electrons. The van der Waals surface area contributed by atoms with E-state index in [9.17, 15) is 4.79 Å². The van der Waals surface area contributed by atoms with Crippen LogP contribution in [0.4, 0.5) is 5.13 Å². The Bertz CT molecular complexity index is 817. The highest BCUT2D eigenvalue weighted by molar-refractivity contribution is 7.16. The first-order valence-corrected chi connectivity index (χ1v) is 9.20. The molecule has 0 aliphatic heterocycles. The van der Waals surface area contributed by atoms with Crippen LogP contribution in [0.25, 0.3) is 0 Å². The number of rotatable bonds is 4. The normalized spacial score (nSPS) is 13.0. The van der Waals surface area contributed by atoms with Gasteiger partial charge in [0.1, 0.15) is 5.01 Å². The Hall–Kier alpha value is -2.05. The highest BCUT2D eigenvalue weighted by atomic mass is 32.1. The Morgan fingerprint density at radius 1 is 1.13 bits per heavy atom. The van der Waals surface area contributed by atoms with Crippen LogP contribution in [0.5, 0.6) is 0 Å². The van der Waals surface area contributed by atoms with Crippen molar-refractivity contribution < 1.29 is 4.79 Å². The molecule has 4 rings (SSSR count). The fourth-order valence-electron chi connectivity index (χ4n) is 2.75.